The Morgan fingerprint density at radius 1 is 1.45 bits per heavy atom. The van der Waals surface area contributed by atoms with Gasteiger partial charge in [-0.3, -0.25) is 0 Å². The lowest BCUT2D eigenvalue weighted by atomic mass is 10.1. The number of benzene rings is 1. The molecule has 0 aliphatic heterocycles. The Bertz CT molecular complexity index is 616. The van der Waals surface area contributed by atoms with Gasteiger partial charge in [-0.15, -0.1) is 11.8 Å². The first kappa shape index (κ1) is 14.6. The molecule has 0 spiro atoms. The molecule has 0 bridgehead atoms. The van der Waals surface area contributed by atoms with Gasteiger partial charge in [0.15, 0.2) is 5.84 Å². The Labute approximate surface area is 121 Å². The monoisotopic (exact) mass is 291 g/mol. The van der Waals surface area contributed by atoms with Gasteiger partial charge in [0.05, 0.1) is 11.1 Å². The van der Waals surface area contributed by atoms with E-state index in [0.29, 0.717) is 12.2 Å². The van der Waals surface area contributed by atoms with Crippen LogP contribution in [0.2, 0.25) is 0 Å². The van der Waals surface area contributed by atoms with Crippen LogP contribution in [0.15, 0.2) is 40.5 Å². The van der Waals surface area contributed by atoms with Crippen molar-refractivity contribution in [2.24, 2.45) is 10.9 Å². The van der Waals surface area contributed by atoms with Crippen molar-refractivity contribution in [3.8, 4) is 0 Å². The number of nitrogens with two attached hydrogens (primary N) is 1. The molecule has 2 rings (SSSR count). The van der Waals surface area contributed by atoms with Crippen LogP contribution in [-0.2, 0) is 4.74 Å². The van der Waals surface area contributed by atoms with E-state index in [4.69, 9.17) is 15.7 Å². The standard InChI is InChI=1S/C14H17N3O2S/c1-19-7-4-8-20-14-11(13(15)17-18)9-10-5-2-3-6-12(10)16-14/h2-3,5-6,9,18H,4,7-8H2,1H3,(H2,15,17). The van der Waals surface area contributed by atoms with Crippen LogP contribution in [0, 0.1) is 0 Å². The van der Waals surface area contributed by atoms with E-state index in [1.807, 2.05) is 30.3 Å². The Hall–Kier alpha value is -1.79. The van der Waals surface area contributed by atoms with Gasteiger partial charge in [-0.25, -0.2) is 4.98 Å². The number of methoxy groups -OCH3 is 1. The third-order valence-corrected chi connectivity index (χ3v) is 3.88. The summed E-state index contributed by atoms with van der Waals surface area (Å²) in [4.78, 5) is 4.59. The predicted molar refractivity (Wildman–Crippen MR) is 81.5 cm³/mol. The van der Waals surface area contributed by atoms with Crippen molar-refractivity contribution in [3.05, 3.63) is 35.9 Å². The minimum absolute atomic E-state index is 0.0810. The number of fused-ring (bicyclic) bond motifs is 1. The third kappa shape index (κ3) is 3.40. The number of pyridine rings is 1. The first-order valence-corrected chi connectivity index (χ1v) is 7.24. The minimum Gasteiger partial charge on any atom is -0.409 e. The zero-order valence-corrected chi connectivity index (χ0v) is 12.1. The van der Waals surface area contributed by atoms with Crippen LogP contribution < -0.4 is 5.73 Å². The molecule has 3 N–H and O–H groups in total. The van der Waals surface area contributed by atoms with Gasteiger partial charge in [-0.1, -0.05) is 23.4 Å². The summed E-state index contributed by atoms with van der Waals surface area (Å²) in [6, 6.07) is 9.68. The molecule has 0 fully saturated rings. The van der Waals surface area contributed by atoms with E-state index in [2.05, 4.69) is 10.1 Å². The molecule has 0 aliphatic carbocycles. The lowest BCUT2D eigenvalue weighted by Crippen LogP contribution is -2.15. The smallest absolute Gasteiger partial charge is 0.172 e. The molecule has 2 aromatic rings. The molecular formula is C14H17N3O2S. The van der Waals surface area contributed by atoms with Crippen LogP contribution in [0.25, 0.3) is 10.9 Å². The molecule has 0 atom stereocenters. The number of aromatic nitrogens is 1. The van der Waals surface area contributed by atoms with Crippen molar-refractivity contribution in [3.63, 3.8) is 0 Å². The lowest BCUT2D eigenvalue weighted by Gasteiger charge is -2.09. The highest BCUT2D eigenvalue weighted by molar-refractivity contribution is 7.99. The summed E-state index contributed by atoms with van der Waals surface area (Å²) in [7, 11) is 1.68. The first-order chi connectivity index (χ1) is 9.76. The van der Waals surface area contributed by atoms with Crippen LogP contribution in [0.5, 0.6) is 0 Å². The number of hydrogen-bond donors (Lipinski definition) is 2. The van der Waals surface area contributed by atoms with E-state index in [-0.39, 0.29) is 5.84 Å². The molecule has 1 aromatic carbocycles. The van der Waals surface area contributed by atoms with Crippen molar-refractivity contribution < 1.29 is 9.94 Å². The summed E-state index contributed by atoms with van der Waals surface area (Å²) >= 11 is 1.58. The highest BCUT2D eigenvalue weighted by Crippen LogP contribution is 2.25. The molecule has 0 radical (unpaired) electrons. The highest BCUT2D eigenvalue weighted by atomic mass is 32.2. The van der Waals surface area contributed by atoms with Gasteiger partial charge in [0.25, 0.3) is 0 Å². The SMILES string of the molecule is COCCCSc1nc2ccccc2cc1C(N)=NO. The summed E-state index contributed by atoms with van der Waals surface area (Å²) in [5.41, 5.74) is 7.30. The normalized spacial score (nSPS) is 11.9. The number of amidine groups is 1. The van der Waals surface area contributed by atoms with Crippen LogP contribution in [0.1, 0.15) is 12.0 Å². The summed E-state index contributed by atoms with van der Waals surface area (Å²) in [5, 5.41) is 13.7. The maximum Gasteiger partial charge on any atom is 0.172 e. The van der Waals surface area contributed by atoms with Crippen molar-refractivity contribution in [2.45, 2.75) is 11.4 Å². The average Bonchev–Trinajstić information content (AvgIpc) is 2.50. The minimum atomic E-state index is 0.0810. The number of hydrogen-bond acceptors (Lipinski definition) is 5. The quantitative estimate of drug-likeness (QED) is 0.213. The largest absolute Gasteiger partial charge is 0.409 e. The molecule has 106 valence electrons. The van der Waals surface area contributed by atoms with E-state index in [9.17, 15) is 0 Å². The summed E-state index contributed by atoms with van der Waals surface area (Å²) < 4.78 is 5.03. The lowest BCUT2D eigenvalue weighted by molar-refractivity contribution is 0.200. The molecule has 5 nitrogen and oxygen atoms in total. The topological polar surface area (TPSA) is 80.7 Å². The summed E-state index contributed by atoms with van der Waals surface area (Å²) in [6.45, 7) is 0.708. The number of ether oxygens (including phenoxy) is 1. The van der Waals surface area contributed by atoms with Gasteiger partial charge < -0.3 is 15.7 Å². The second kappa shape index (κ2) is 7.12. The van der Waals surface area contributed by atoms with E-state index in [1.54, 1.807) is 18.9 Å². The Morgan fingerprint density at radius 3 is 3.00 bits per heavy atom. The van der Waals surface area contributed by atoms with Crippen LogP contribution in [0.3, 0.4) is 0 Å². The fraction of sp³-hybridized carbons (Fsp3) is 0.286. The van der Waals surface area contributed by atoms with Crippen molar-refractivity contribution >= 4 is 28.5 Å². The zero-order valence-electron chi connectivity index (χ0n) is 11.2. The highest BCUT2D eigenvalue weighted by Gasteiger charge is 2.11. The predicted octanol–water partition coefficient (Wildman–Crippen LogP) is 2.46. The third-order valence-electron chi connectivity index (χ3n) is 2.80. The molecule has 0 saturated heterocycles. The van der Waals surface area contributed by atoms with Gasteiger partial charge in [-0.2, -0.15) is 0 Å². The van der Waals surface area contributed by atoms with Crippen LogP contribution in [-0.4, -0.2) is 35.5 Å². The first-order valence-electron chi connectivity index (χ1n) is 6.25. The van der Waals surface area contributed by atoms with Gasteiger partial charge >= 0.3 is 0 Å². The molecule has 20 heavy (non-hydrogen) atoms. The van der Waals surface area contributed by atoms with Crippen LogP contribution in [0.4, 0.5) is 0 Å². The van der Waals surface area contributed by atoms with Gasteiger partial charge in [-0.05, 0) is 18.6 Å². The van der Waals surface area contributed by atoms with E-state index >= 15 is 0 Å². The molecule has 6 heteroatoms. The van der Waals surface area contributed by atoms with E-state index < -0.39 is 0 Å². The Balaban J connectivity index is 2.33. The number of rotatable bonds is 6. The number of para-hydroxylation sites is 1. The molecule has 0 aliphatic rings. The maximum absolute atomic E-state index is 8.90. The molecule has 1 heterocycles. The van der Waals surface area contributed by atoms with Crippen molar-refractivity contribution in [1.82, 2.24) is 4.98 Å². The van der Waals surface area contributed by atoms with Gasteiger partial charge in [0, 0.05) is 24.9 Å². The van der Waals surface area contributed by atoms with Crippen LogP contribution >= 0.6 is 11.8 Å². The number of thioether (sulfide) groups is 1. The molecular weight excluding hydrogens is 274 g/mol. The number of nitrogens with zero attached hydrogens (tertiary/aromatic N) is 2. The second-order valence-corrected chi connectivity index (χ2v) is 5.30. The van der Waals surface area contributed by atoms with E-state index in [0.717, 1.165) is 28.1 Å². The Kier molecular flexibility index (Phi) is 5.20. The maximum atomic E-state index is 8.90. The van der Waals surface area contributed by atoms with Gasteiger partial charge in [0.1, 0.15) is 5.03 Å². The van der Waals surface area contributed by atoms with Crippen molar-refractivity contribution in [1.29, 1.82) is 0 Å². The fourth-order valence-corrected chi connectivity index (χ4v) is 2.76. The summed E-state index contributed by atoms with van der Waals surface area (Å²) in [5.74, 6) is 0.947. The van der Waals surface area contributed by atoms with Gasteiger partial charge in [0.2, 0.25) is 0 Å². The Morgan fingerprint density at radius 2 is 2.25 bits per heavy atom. The molecule has 0 unspecified atom stereocenters. The molecule has 0 saturated carbocycles. The molecule has 1 aromatic heterocycles. The summed E-state index contributed by atoms with van der Waals surface area (Å²) in [6.07, 6.45) is 0.922. The second-order valence-electron chi connectivity index (χ2n) is 4.21. The zero-order chi connectivity index (χ0) is 14.4. The average molecular weight is 291 g/mol. The number of oxime groups is 1. The van der Waals surface area contributed by atoms with E-state index in [1.165, 1.54) is 0 Å². The fourth-order valence-electron chi connectivity index (χ4n) is 1.82. The molecule has 0 amide bonds. The van der Waals surface area contributed by atoms with Crippen molar-refractivity contribution in [2.75, 3.05) is 19.5 Å².